The van der Waals surface area contributed by atoms with Crippen LogP contribution in [0.25, 0.3) is 0 Å². The number of ether oxygens (including phenoxy) is 2. The van der Waals surface area contributed by atoms with Crippen molar-refractivity contribution < 1.29 is 9.47 Å². The molecule has 5 heteroatoms. The summed E-state index contributed by atoms with van der Waals surface area (Å²) in [5, 5.41) is 0. The molecule has 2 aromatic carbocycles. The molecule has 0 radical (unpaired) electrons. The van der Waals surface area contributed by atoms with Crippen LogP contribution in [0.2, 0.25) is 0 Å². The highest BCUT2D eigenvalue weighted by molar-refractivity contribution is 7.98. The summed E-state index contributed by atoms with van der Waals surface area (Å²) in [6.07, 6.45) is 7.48. The van der Waals surface area contributed by atoms with Crippen LogP contribution in [-0.2, 0) is 28.2 Å². The second-order valence-electron chi connectivity index (χ2n) is 7.68. The van der Waals surface area contributed by atoms with Crippen molar-refractivity contribution in [2.75, 3.05) is 12.4 Å². The SMILES string of the molecule is Cc1ccc(CCC2(Cn3ccnc3)OCC(CSCc3ccccc3)O2)cc1. The molecule has 0 N–H and O–H groups in total. The Hall–Kier alpha value is -2.08. The van der Waals surface area contributed by atoms with Crippen molar-refractivity contribution in [2.24, 2.45) is 0 Å². The van der Waals surface area contributed by atoms with Crippen LogP contribution < -0.4 is 0 Å². The van der Waals surface area contributed by atoms with E-state index in [2.05, 4.69) is 71.1 Å². The number of nitrogens with zero attached hydrogens (tertiary/aromatic N) is 2. The Morgan fingerprint density at radius 2 is 1.93 bits per heavy atom. The number of aromatic nitrogens is 2. The van der Waals surface area contributed by atoms with E-state index < -0.39 is 5.79 Å². The molecule has 1 aliphatic heterocycles. The summed E-state index contributed by atoms with van der Waals surface area (Å²) in [5.41, 5.74) is 3.95. The van der Waals surface area contributed by atoms with Gasteiger partial charge in [-0.1, -0.05) is 60.2 Å². The molecule has 2 heterocycles. The lowest BCUT2D eigenvalue weighted by Crippen LogP contribution is -2.37. The van der Waals surface area contributed by atoms with Gasteiger partial charge in [-0.25, -0.2) is 4.98 Å². The molecule has 0 aliphatic carbocycles. The van der Waals surface area contributed by atoms with E-state index in [0.717, 1.165) is 24.3 Å². The number of rotatable bonds is 9. The summed E-state index contributed by atoms with van der Waals surface area (Å²) in [7, 11) is 0. The Morgan fingerprint density at radius 3 is 2.69 bits per heavy atom. The smallest absolute Gasteiger partial charge is 0.187 e. The molecule has 3 aromatic rings. The van der Waals surface area contributed by atoms with Gasteiger partial charge < -0.3 is 14.0 Å². The van der Waals surface area contributed by atoms with Gasteiger partial charge in [-0.05, 0) is 24.5 Å². The number of hydrogen-bond acceptors (Lipinski definition) is 4. The Kier molecular flexibility index (Phi) is 6.70. The highest BCUT2D eigenvalue weighted by Gasteiger charge is 2.41. The molecule has 4 rings (SSSR count). The Balaban J connectivity index is 1.36. The standard InChI is InChI=1S/C24H28N2O2S/c1-20-7-9-21(10-8-20)11-12-24(18-26-14-13-25-19-26)27-15-23(28-24)17-29-16-22-5-3-2-4-6-22/h2-10,13-14,19,23H,11-12,15-18H2,1H3. The van der Waals surface area contributed by atoms with Gasteiger partial charge in [0.25, 0.3) is 0 Å². The molecular weight excluding hydrogens is 380 g/mol. The van der Waals surface area contributed by atoms with Crippen LogP contribution in [0.5, 0.6) is 0 Å². The number of benzene rings is 2. The summed E-state index contributed by atoms with van der Waals surface area (Å²) in [4.78, 5) is 4.17. The van der Waals surface area contributed by atoms with Crippen LogP contribution >= 0.6 is 11.8 Å². The van der Waals surface area contributed by atoms with E-state index in [4.69, 9.17) is 9.47 Å². The minimum absolute atomic E-state index is 0.116. The molecule has 4 nitrogen and oxygen atoms in total. The fourth-order valence-corrected chi connectivity index (χ4v) is 4.60. The maximum absolute atomic E-state index is 6.51. The first-order chi connectivity index (χ1) is 14.2. The van der Waals surface area contributed by atoms with Crippen LogP contribution in [-0.4, -0.2) is 33.8 Å². The molecule has 152 valence electrons. The molecule has 2 unspecified atom stereocenters. The van der Waals surface area contributed by atoms with Gasteiger partial charge in [0.15, 0.2) is 5.79 Å². The molecule has 0 amide bonds. The third-order valence-electron chi connectivity index (χ3n) is 5.23. The van der Waals surface area contributed by atoms with Gasteiger partial charge in [-0.15, -0.1) is 0 Å². The summed E-state index contributed by atoms with van der Waals surface area (Å²) in [6.45, 7) is 3.42. The predicted octanol–water partition coefficient (Wildman–Crippen LogP) is 4.87. The van der Waals surface area contributed by atoms with E-state index in [0.29, 0.717) is 13.2 Å². The average molecular weight is 409 g/mol. The molecule has 1 aromatic heterocycles. The van der Waals surface area contributed by atoms with Gasteiger partial charge >= 0.3 is 0 Å². The molecule has 1 saturated heterocycles. The van der Waals surface area contributed by atoms with Crippen molar-refractivity contribution in [3.05, 3.63) is 90.0 Å². The Morgan fingerprint density at radius 1 is 1.10 bits per heavy atom. The minimum atomic E-state index is -0.594. The highest BCUT2D eigenvalue weighted by atomic mass is 32.2. The van der Waals surface area contributed by atoms with Crippen LogP contribution in [0.15, 0.2) is 73.3 Å². The fraction of sp³-hybridized carbons (Fsp3) is 0.375. The van der Waals surface area contributed by atoms with Crippen molar-refractivity contribution in [1.82, 2.24) is 9.55 Å². The van der Waals surface area contributed by atoms with Gasteiger partial charge in [0.05, 0.1) is 25.6 Å². The van der Waals surface area contributed by atoms with E-state index in [1.54, 1.807) is 6.20 Å². The van der Waals surface area contributed by atoms with E-state index in [9.17, 15) is 0 Å². The fourth-order valence-electron chi connectivity index (χ4n) is 3.62. The molecule has 1 aliphatic rings. The van der Waals surface area contributed by atoms with Crippen molar-refractivity contribution in [1.29, 1.82) is 0 Å². The molecule has 0 spiro atoms. The molecule has 29 heavy (non-hydrogen) atoms. The average Bonchev–Trinajstić information content (AvgIpc) is 3.39. The zero-order valence-corrected chi connectivity index (χ0v) is 17.7. The Labute approximate surface area is 177 Å². The molecule has 2 atom stereocenters. The first-order valence-electron chi connectivity index (χ1n) is 10.2. The third-order valence-corrected chi connectivity index (χ3v) is 6.37. The normalized spacial score (nSPS) is 21.5. The number of thioether (sulfide) groups is 1. The second-order valence-corrected chi connectivity index (χ2v) is 8.71. The van der Waals surface area contributed by atoms with Gasteiger partial charge in [0.2, 0.25) is 0 Å². The van der Waals surface area contributed by atoms with E-state index >= 15 is 0 Å². The van der Waals surface area contributed by atoms with Crippen LogP contribution in [0.4, 0.5) is 0 Å². The number of hydrogen-bond donors (Lipinski definition) is 0. The second kappa shape index (κ2) is 9.61. The monoisotopic (exact) mass is 408 g/mol. The van der Waals surface area contributed by atoms with Gasteiger partial charge in [0, 0.05) is 30.3 Å². The largest absolute Gasteiger partial charge is 0.345 e. The summed E-state index contributed by atoms with van der Waals surface area (Å²) < 4.78 is 14.9. The van der Waals surface area contributed by atoms with Gasteiger partial charge in [-0.2, -0.15) is 11.8 Å². The first-order valence-corrected chi connectivity index (χ1v) is 11.3. The van der Waals surface area contributed by atoms with Gasteiger partial charge in [0.1, 0.15) is 0 Å². The lowest BCUT2D eigenvalue weighted by Gasteiger charge is -2.28. The van der Waals surface area contributed by atoms with E-state index in [-0.39, 0.29) is 6.10 Å². The van der Waals surface area contributed by atoms with Crippen LogP contribution in [0.1, 0.15) is 23.1 Å². The highest BCUT2D eigenvalue weighted by Crippen LogP contribution is 2.32. The van der Waals surface area contributed by atoms with Crippen molar-refractivity contribution in [3.63, 3.8) is 0 Å². The summed E-state index contributed by atoms with van der Waals surface area (Å²) in [6, 6.07) is 19.3. The zero-order valence-electron chi connectivity index (χ0n) is 16.9. The van der Waals surface area contributed by atoms with Crippen molar-refractivity contribution >= 4 is 11.8 Å². The number of aryl methyl sites for hydroxylation is 2. The predicted molar refractivity (Wildman–Crippen MR) is 118 cm³/mol. The van der Waals surface area contributed by atoms with Crippen LogP contribution in [0, 0.1) is 6.92 Å². The number of imidazole rings is 1. The van der Waals surface area contributed by atoms with E-state index in [1.165, 1.54) is 16.7 Å². The summed E-state index contributed by atoms with van der Waals surface area (Å²) >= 11 is 1.90. The van der Waals surface area contributed by atoms with E-state index in [1.807, 2.05) is 24.3 Å². The van der Waals surface area contributed by atoms with Crippen molar-refractivity contribution in [3.8, 4) is 0 Å². The Bertz CT molecular complexity index is 868. The molecule has 0 saturated carbocycles. The lowest BCUT2D eigenvalue weighted by atomic mass is 10.0. The molecular formula is C24H28N2O2S. The summed E-state index contributed by atoms with van der Waals surface area (Å²) in [5.74, 6) is 1.34. The maximum atomic E-state index is 6.51. The third kappa shape index (κ3) is 5.72. The maximum Gasteiger partial charge on any atom is 0.187 e. The van der Waals surface area contributed by atoms with Crippen LogP contribution in [0.3, 0.4) is 0 Å². The minimum Gasteiger partial charge on any atom is -0.345 e. The first kappa shape index (κ1) is 20.2. The van der Waals surface area contributed by atoms with Gasteiger partial charge in [-0.3, -0.25) is 0 Å². The lowest BCUT2D eigenvalue weighted by molar-refractivity contribution is -0.180. The van der Waals surface area contributed by atoms with Crippen molar-refractivity contribution in [2.45, 2.75) is 44.0 Å². The topological polar surface area (TPSA) is 36.3 Å². The quantitative estimate of drug-likeness (QED) is 0.506. The zero-order chi connectivity index (χ0) is 19.9. The molecule has 1 fully saturated rings. The molecule has 0 bridgehead atoms.